The third kappa shape index (κ3) is 3.33. The van der Waals surface area contributed by atoms with Crippen molar-refractivity contribution in [3.05, 3.63) is 30.3 Å². The van der Waals surface area contributed by atoms with E-state index in [1.54, 1.807) is 32.0 Å². The van der Waals surface area contributed by atoms with E-state index >= 15 is 0 Å². The van der Waals surface area contributed by atoms with Gasteiger partial charge in [0.25, 0.3) is 10.1 Å². The summed E-state index contributed by atoms with van der Waals surface area (Å²) in [7, 11) is -3.76. The molecule has 0 aliphatic carbocycles. The van der Waals surface area contributed by atoms with Gasteiger partial charge in [-0.2, -0.15) is 8.42 Å². The van der Waals surface area contributed by atoms with E-state index in [2.05, 4.69) is 0 Å². The molecule has 0 saturated carbocycles. The maximum Gasteiger partial charge on any atom is 0.297 e. The SMILES string of the molecule is C[C@@H]1OC(COS(=O)(=O)c2ccccc2)C[C@]1(C)O. The molecular formula is C13H18O5S. The van der Waals surface area contributed by atoms with Gasteiger partial charge in [-0.25, -0.2) is 0 Å². The van der Waals surface area contributed by atoms with Crippen LogP contribution >= 0.6 is 0 Å². The van der Waals surface area contributed by atoms with E-state index in [0.29, 0.717) is 6.42 Å². The predicted octanol–water partition coefficient (Wildman–Crippen LogP) is 1.32. The predicted molar refractivity (Wildman–Crippen MR) is 69.2 cm³/mol. The van der Waals surface area contributed by atoms with Crippen LogP contribution in [0.15, 0.2) is 35.2 Å². The Morgan fingerprint density at radius 3 is 2.58 bits per heavy atom. The zero-order valence-corrected chi connectivity index (χ0v) is 11.8. The van der Waals surface area contributed by atoms with E-state index in [1.807, 2.05) is 0 Å². The average molecular weight is 286 g/mol. The molecular weight excluding hydrogens is 268 g/mol. The molecule has 106 valence electrons. The highest BCUT2D eigenvalue weighted by atomic mass is 32.2. The Hall–Kier alpha value is -0.950. The molecule has 2 rings (SSSR count). The van der Waals surface area contributed by atoms with Crippen LogP contribution in [-0.4, -0.2) is 37.9 Å². The van der Waals surface area contributed by atoms with E-state index in [-0.39, 0.29) is 17.6 Å². The molecule has 0 bridgehead atoms. The van der Waals surface area contributed by atoms with Gasteiger partial charge in [-0.3, -0.25) is 4.18 Å². The van der Waals surface area contributed by atoms with Crippen molar-refractivity contribution in [1.29, 1.82) is 0 Å². The minimum absolute atomic E-state index is 0.0856. The Kier molecular flexibility index (Phi) is 3.96. The van der Waals surface area contributed by atoms with E-state index in [0.717, 1.165) is 0 Å². The second kappa shape index (κ2) is 5.20. The van der Waals surface area contributed by atoms with Crippen molar-refractivity contribution in [2.45, 2.75) is 43.0 Å². The summed E-state index contributed by atoms with van der Waals surface area (Å²) in [6.07, 6.45) is -0.387. The first-order chi connectivity index (χ1) is 8.81. The van der Waals surface area contributed by atoms with Gasteiger partial charge in [0.2, 0.25) is 0 Å². The van der Waals surface area contributed by atoms with Gasteiger partial charge in [0, 0.05) is 6.42 Å². The van der Waals surface area contributed by atoms with Crippen molar-refractivity contribution >= 4 is 10.1 Å². The summed E-state index contributed by atoms with van der Waals surface area (Å²) >= 11 is 0. The fourth-order valence-electron chi connectivity index (χ4n) is 2.03. The molecule has 1 N–H and O–H groups in total. The van der Waals surface area contributed by atoms with Gasteiger partial charge in [0.05, 0.1) is 29.3 Å². The Bertz CT molecular complexity index is 523. The van der Waals surface area contributed by atoms with Crippen LogP contribution in [0, 0.1) is 0 Å². The molecule has 1 aromatic rings. The molecule has 1 aliphatic rings. The van der Waals surface area contributed by atoms with Crippen LogP contribution in [0.25, 0.3) is 0 Å². The van der Waals surface area contributed by atoms with Crippen LogP contribution in [0.5, 0.6) is 0 Å². The van der Waals surface area contributed by atoms with Crippen molar-refractivity contribution in [1.82, 2.24) is 0 Å². The Labute approximate surface area is 113 Å². The van der Waals surface area contributed by atoms with Gasteiger partial charge in [-0.1, -0.05) is 18.2 Å². The molecule has 1 fully saturated rings. The lowest BCUT2D eigenvalue weighted by atomic mass is 9.97. The Morgan fingerprint density at radius 2 is 2.05 bits per heavy atom. The Balaban J connectivity index is 1.97. The molecule has 5 nitrogen and oxygen atoms in total. The van der Waals surface area contributed by atoms with Crippen LogP contribution in [0.4, 0.5) is 0 Å². The largest absolute Gasteiger partial charge is 0.387 e. The highest BCUT2D eigenvalue weighted by Gasteiger charge is 2.41. The zero-order valence-electron chi connectivity index (χ0n) is 10.9. The molecule has 1 aliphatic heterocycles. The zero-order chi connectivity index (χ0) is 14.1. The molecule has 6 heteroatoms. The third-order valence-corrected chi connectivity index (χ3v) is 4.65. The lowest BCUT2D eigenvalue weighted by molar-refractivity contribution is -0.0317. The molecule has 0 radical (unpaired) electrons. The first-order valence-electron chi connectivity index (χ1n) is 6.13. The number of hydrogen-bond acceptors (Lipinski definition) is 5. The first kappa shape index (κ1) is 14.5. The second-order valence-corrected chi connectivity index (χ2v) is 6.63. The Morgan fingerprint density at radius 1 is 1.42 bits per heavy atom. The van der Waals surface area contributed by atoms with Gasteiger partial charge < -0.3 is 9.84 Å². The summed E-state index contributed by atoms with van der Waals surface area (Å²) in [5, 5.41) is 9.95. The monoisotopic (exact) mass is 286 g/mol. The van der Waals surface area contributed by atoms with Crippen LogP contribution in [-0.2, 0) is 19.0 Å². The average Bonchev–Trinajstić information content (AvgIpc) is 2.62. The second-order valence-electron chi connectivity index (χ2n) is 5.01. The van der Waals surface area contributed by atoms with E-state index in [4.69, 9.17) is 8.92 Å². The number of rotatable bonds is 4. The number of ether oxygens (including phenoxy) is 1. The maximum atomic E-state index is 11.9. The standard InChI is InChI=1S/C13H18O5S/c1-10-13(2,14)8-11(18-10)9-17-19(15,16)12-6-4-3-5-7-12/h3-7,10-11,14H,8-9H2,1-2H3/t10-,11?,13-/m0/s1. The minimum atomic E-state index is -3.76. The fourth-order valence-corrected chi connectivity index (χ4v) is 2.99. The lowest BCUT2D eigenvalue weighted by Crippen LogP contribution is -2.31. The first-order valence-corrected chi connectivity index (χ1v) is 7.54. The molecule has 1 saturated heterocycles. The smallest absolute Gasteiger partial charge is 0.297 e. The van der Waals surface area contributed by atoms with Crippen molar-refractivity contribution in [3.8, 4) is 0 Å². The van der Waals surface area contributed by atoms with E-state index in [9.17, 15) is 13.5 Å². The van der Waals surface area contributed by atoms with Crippen LogP contribution in [0.3, 0.4) is 0 Å². The van der Waals surface area contributed by atoms with Crippen LogP contribution in [0.2, 0.25) is 0 Å². The molecule has 0 spiro atoms. The molecule has 19 heavy (non-hydrogen) atoms. The third-order valence-electron chi connectivity index (χ3n) is 3.35. The van der Waals surface area contributed by atoms with Gasteiger partial charge in [-0.15, -0.1) is 0 Å². The maximum absolute atomic E-state index is 11.9. The highest BCUT2D eigenvalue weighted by molar-refractivity contribution is 7.86. The summed E-state index contributed by atoms with van der Waals surface area (Å²) in [6.45, 7) is 3.34. The van der Waals surface area contributed by atoms with Gasteiger partial charge in [0.15, 0.2) is 0 Å². The van der Waals surface area contributed by atoms with Crippen molar-refractivity contribution in [2.75, 3.05) is 6.61 Å². The number of hydrogen-bond donors (Lipinski definition) is 1. The number of benzene rings is 1. The quantitative estimate of drug-likeness (QED) is 0.845. The van der Waals surface area contributed by atoms with Crippen molar-refractivity contribution < 1.29 is 22.4 Å². The minimum Gasteiger partial charge on any atom is -0.387 e. The van der Waals surface area contributed by atoms with Crippen molar-refractivity contribution in [2.24, 2.45) is 0 Å². The normalized spacial score (nSPS) is 31.5. The summed E-state index contributed by atoms with van der Waals surface area (Å²) in [6, 6.07) is 7.95. The van der Waals surface area contributed by atoms with E-state index < -0.39 is 21.8 Å². The molecule has 3 atom stereocenters. The van der Waals surface area contributed by atoms with Crippen molar-refractivity contribution in [3.63, 3.8) is 0 Å². The van der Waals surface area contributed by atoms with Gasteiger partial charge in [0.1, 0.15) is 0 Å². The number of aliphatic hydroxyl groups is 1. The lowest BCUT2D eigenvalue weighted by Gasteiger charge is -2.18. The molecule has 0 aromatic heterocycles. The summed E-state index contributed by atoms with van der Waals surface area (Å²) < 4.78 is 34.2. The summed E-state index contributed by atoms with van der Waals surface area (Å²) in [4.78, 5) is 0.118. The molecule has 1 heterocycles. The highest BCUT2D eigenvalue weighted by Crippen LogP contribution is 2.30. The van der Waals surface area contributed by atoms with Gasteiger partial charge >= 0.3 is 0 Å². The molecule has 1 aromatic carbocycles. The summed E-state index contributed by atoms with van der Waals surface area (Å²) in [5.41, 5.74) is -0.940. The van der Waals surface area contributed by atoms with E-state index in [1.165, 1.54) is 12.1 Å². The fraction of sp³-hybridized carbons (Fsp3) is 0.538. The molecule has 0 amide bonds. The van der Waals surface area contributed by atoms with Crippen LogP contribution in [0.1, 0.15) is 20.3 Å². The molecule has 1 unspecified atom stereocenters. The van der Waals surface area contributed by atoms with Crippen LogP contribution < -0.4 is 0 Å². The summed E-state index contributed by atoms with van der Waals surface area (Å²) in [5.74, 6) is 0. The topological polar surface area (TPSA) is 72.8 Å². The van der Waals surface area contributed by atoms with Gasteiger partial charge in [-0.05, 0) is 26.0 Å².